The van der Waals surface area contributed by atoms with Crippen LogP contribution in [0.5, 0.6) is 0 Å². The Morgan fingerprint density at radius 1 is 1.14 bits per heavy atom. The number of hydrogen-bond donors (Lipinski definition) is 1. The average Bonchev–Trinajstić information content (AvgIpc) is 2.39. The fourth-order valence-corrected chi connectivity index (χ4v) is 3.03. The molecule has 1 atom stereocenters. The number of rotatable bonds is 4. The predicted molar refractivity (Wildman–Crippen MR) is 86.0 cm³/mol. The number of benzene rings is 2. The molecule has 0 saturated carbocycles. The minimum absolute atomic E-state index is 0.00767. The lowest BCUT2D eigenvalue weighted by atomic mass is 9.98. The third-order valence-corrected chi connectivity index (χ3v) is 4.22. The van der Waals surface area contributed by atoms with Gasteiger partial charge in [-0.1, -0.05) is 45.2 Å². The molecule has 1 nitrogen and oxygen atoms in total. The Morgan fingerprint density at radius 3 is 2.29 bits per heavy atom. The Labute approximate surface area is 140 Å². The first kappa shape index (κ1) is 16.7. The molecule has 0 heterocycles. The van der Waals surface area contributed by atoms with Crippen LogP contribution in [-0.4, -0.2) is 7.05 Å². The molecule has 0 bridgehead atoms. The summed E-state index contributed by atoms with van der Waals surface area (Å²) in [5.74, 6) is -1.21. The summed E-state index contributed by atoms with van der Waals surface area (Å²) in [7, 11) is 1.65. The van der Waals surface area contributed by atoms with Crippen LogP contribution in [0.2, 0.25) is 10.0 Å². The van der Waals surface area contributed by atoms with Gasteiger partial charge in [0.05, 0.1) is 0 Å². The summed E-state index contributed by atoms with van der Waals surface area (Å²) in [5.41, 5.74) is 0.758. The third-order valence-electron chi connectivity index (χ3n) is 3.18. The highest BCUT2D eigenvalue weighted by Crippen LogP contribution is 2.30. The molecule has 112 valence electrons. The molecule has 21 heavy (non-hydrogen) atoms. The Morgan fingerprint density at radius 2 is 1.76 bits per heavy atom. The van der Waals surface area contributed by atoms with Crippen molar-refractivity contribution in [2.75, 3.05) is 7.05 Å². The second kappa shape index (κ2) is 7.05. The molecular weight excluding hydrogens is 383 g/mol. The van der Waals surface area contributed by atoms with E-state index >= 15 is 0 Å². The zero-order chi connectivity index (χ0) is 15.6. The van der Waals surface area contributed by atoms with Crippen LogP contribution in [0.25, 0.3) is 0 Å². The van der Waals surface area contributed by atoms with Crippen LogP contribution >= 0.6 is 39.1 Å². The fraction of sp³-hybridized carbons (Fsp3) is 0.200. The average molecular weight is 395 g/mol. The summed E-state index contributed by atoms with van der Waals surface area (Å²) in [6.07, 6.45) is 0.349. The van der Waals surface area contributed by atoms with Crippen LogP contribution < -0.4 is 5.32 Å². The van der Waals surface area contributed by atoms with Gasteiger partial charge >= 0.3 is 0 Å². The zero-order valence-electron chi connectivity index (χ0n) is 11.1. The van der Waals surface area contributed by atoms with E-state index in [1.807, 2.05) is 0 Å². The van der Waals surface area contributed by atoms with Crippen LogP contribution in [0.3, 0.4) is 0 Å². The first-order chi connectivity index (χ1) is 9.92. The highest BCUT2D eigenvalue weighted by Gasteiger charge is 2.21. The maximum Gasteiger partial charge on any atom is 0.132 e. The summed E-state index contributed by atoms with van der Waals surface area (Å²) < 4.78 is 28.5. The van der Waals surface area contributed by atoms with E-state index in [1.54, 1.807) is 25.2 Å². The number of hydrogen-bond acceptors (Lipinski definition) is 1. The summed E-state index contributed by atoms with van der Waals surface area (Å²) >= 11 is 15.0. The van der Waals surface area contributed by atoms with Crippen molar-refractivity contribution in [3.63, 3.8) is 0 Å². The quantitative estimate of drug-likeness (QED) is 0.718. The van der Waals surface area contributed by atoms with E-state index < -0.39 is 17.7 Å². The van der Waals surface area contributed by atoms with E-state index in [4.69, 9.17) is 23.2 Å². The van der Waals surface area contributed by atoms with E-state index in [-0.39, 0.29) is 5.56 Å². The van der Waals surface area contributed by atoms with Crippen molar-refractivity contribution in [1.29, 1.82) is 0 Å². The van der Waals surface area contributed by atoms with Crippen LogP contribution in [0.15, 0.2) is 34.8 Å². The standard InChI is InChI=1S/C15H12BrCl2F2N/c1-21-14(4-8-2-3-10(17)7-11(8)18)15-12(19)5-9(16)6-13(15)20/h2-3,5-7,14,21H,4H2,1H3. The van der Waals surface area contributed by atoms with Gasteiger partial charge in [-0.3, -0.25) is 0 Å². The minimum Gasteiger partial charge on any atom is -0.313 e. The summed E-state index contributed by atoms with van der Waals surface area (Å²) in [5, 5.41) is 3.91. The Hall–Kier alpha value is -0.680. The Bertz CT molecular complexity index is 641. The molecule has 0 aliphatic carbocycles. The molecule has 2 rings (SSSR count). The predicted octanol–water partition coefficient (Wildman–Crippen LogP) is 5.54. The van der Waals surface area contributed by atoms with E-state index in [9.17, 15) is 8.78 Å². The molecule has 0 aliphatic rings. The first-order valence-corrected chi connectivity index (χ1v) is 7.73. The van der Waals surface area contributed by atoms with Crippen molar-refractivity contribution in [2.45, 2.75) is 12.5 Å². The van der Waals surface area contributed by atoms with Crippen molar-refractivity contribution in [3.05, 3.63) is 67.6 Å². The van der Waals surface area contributed by atoms with Crippen molar-refractivity contribution in [2.24, 2.45) is 0 Å². The van der Waals surface area contributed by atoms with Gasteiger partial charge in [0.1, 0.15) is 11.6 Å². The molecule has 0 aromatic heterocycles. The number of halogens is 5. The van der Waals surface area contributed by atoms with E-state index in [0.29, 0.717) is 20.9 Å². The number of likely N-dealkylation sites (N-methyl/N-ethyl adjacent to an activating group) is 1. The summed E-state index contributed by atoms with van der Waals surface area (Å²) in [6, 6.07) is 7.02. The molecule has 2 aromatic carbocycles. The lowest BCUT2D eigenvalue weighted by Gasteiger charge is -2.19. The highest BCUT2D eigenvalue weighted by atomic mass is 79.9. The first-order valence-electron chi connectivity index (χ1n) is 6.18. The minimum atomic E-state index is -0.605. The Kier molecular flexibility index (Phi) is 5.60. The second-order valence-corrected chi connectivity index (χ2v) is 6.32. The molecule has 0 fully saturated rings. The molecule has 0 radical (unpaired) electrons. The van der Waals surface area contributed by atoms with Gasteiger partial charge in [0, 0.05) is 26.1 Å². The van der Waals surface area contributed by atoms with Crippen LogP contribution in [0.4, 0.5) is 8.78 Å². The largest absolute Gasteiger partial charge is 0.313 e. The Balaban J connectivity index is 2.37. The second-order valence-electron chi connectivity index (χ2n) is 4.56. The van der Waals surface area contributed by atoms with Gasteiger partial charge in [0.15, 0.2) is 0 Å². The molecule has 0 spiro atoms. The van der Waals surface area contributed by atoms with Crippen molar-refractivity contribution < 1.29 is 8.78 Å². The monoisotopic (exact) mass is 393 g/mol. The molecule has 2 aromatic rings. The molecule has 1 N–H and O–H groups in total. The van der Waals surface area contributed by atoms with Gasteiger partial charge in [0.2, 0.25) is 0 Å². The highest BCUT2D eigenvalue weighted by molar-refractivity contribution is 9.10. The summed E-state index contributed by atoms with van der Waals surface area (Å²) in [4.78, 5) is 0. The van der Waals surface area contributed by atoms with Crippen molar-refractivity contribution in [1.82, 2.24) is 5.32 Å². The zero-order valence-corrected chi connectivity index (χ0v) is 14.2. The van der Waals surface area contributed by atoms with Gasteiger partial charge in [0.25, 0.3) is 0 Å². The molecule has 0 aliphatic heterocycles. The van der Waals surface area contributed by atoms with Crippen molar-refractivity contribution in [3.8, 4) is 0 Å². The fourth-order valence-electron chi connectivity index (χ4n) is 2.14. The molecular formula is C15H12BrCl2F2N. The van der Waals surface area contributed by atoms with E-state index in [0.717, 1.165) is 5.56 Å². The number of nitrogens with one attached hydrogen (secondary N) is 1. The van der Waals surface area contributed by atoms with Gasteiger partial charge in [-0.25, -0.2) is 8.78 Å². The lowest BCUT2D eigenvalue weighted by molar-refractivity contribution is 0.488. The maximum atomic E-state index is 14.1. The topological polar surface area (TPSA) is 12.0 Å². The van der Waals surface area contributed by atoms with Gasteiger partial charge < -0.3 is 5.32 Å². The summed E-state index contributed by atoms with van der Waals surface area (Å²) in [6.45, 7) is 0. The van der Waals surface area contributed by atoms with Crippen LogP contribution in [0, 0.1) is 11.6 Å². The SMILES string of the molecule is CNC(Cc1ccc(Cl)cc1Cl)c1c(F)cc(Br)cc1F. The molecule has 1 unspecified atom stereocenters. The van der Waals surface area contributed by atoms with Crippen LogP contribution in [0.1, 0.15) is 17.2 Å². The molecule has 6 heteroatoms. The maximum absolute atomic E-state index is 14.1. The normalized spacial score (nSPS) is 12.5. The third kappa shape index (κ3) is 3.95. The van der Waals surface area contributed by atoms with Gasteiger partial charge in [-0.15, -0.1) is 0 Å². The van der Waals surface area contributed by atoms with E-state index in [2.05, 4.69) is 21.2 Å². The van der Waals surface area contributed by atoms with Crippen molar-refractivity contribution >= 4 is 39.1 Å². The molecule has 0 saturated heterocycles. The van der Waals surface area contributed by atoms with Gasteiger partial charge in [-0.2, -0.15) is 0 Å². The van der Waals surface area contributed by atoms with Crippen LogP contribution in [-0.2, 0) is 6.42 Å². The lowest BCUT2D eigenvalue weighted by Crippen LogP contribution is -2.21. The van der Waals surface area contributed by atoms with E-state index in [1.165, 1.54) is 12.1 Å². The smallest absolute Gasteiger partial charge is 0.132 e. The van der Waals surface area contributed by atoms with Gasteiger partial charge in [-0.05, 0) is 43.3 Å². The molecule has 0 amide bonds.